The first-order valence-corrected chi connectivity index (χ1v) is 3.40. The zero-order valence-corrected chi connectivity index (χ0v) is 6.82. The topological polar surface area (TPSA) is 9.23 Å². The van der Waals surface area contributed by atoms with E-state index in [1.807, 2.05) is 0 Å². The molecule has 0 aliphatic rings. The molecule has 0 heterocycles. The fourth-order valence-corrected chi connectivity index (χ4v) is 0.635. The van der Waals surface area contributed by atoms with Gasteiger partial charge >= 0.3 is 0 Å². The van der Waals surface area contributed by atoms with Crippen LogP contribution in [0.4, 0.5) is 0 Å². The summed E-state index contributed by atoms with van der Waals surface area (Å²) in [6.45, 7) is 7.21. The third-order valence-corrected chi connectivity index (χ3v) is 1.32. The minimum Gasteiger partial charge on any atom is -0.496 e. The molecule has 0 atom stereocenters. The Labute approximate surface area is 66.6 Å². The van der Waals surface area contributed by atoms with Gasteiger partial charge in [0.2, 0.25) is 0 Å². The molecular weight excluding hydrogens is 148 g/mol. The van der Waals surface area contributed by atoms with Crippen molar-refractivity contribution in [2.75, 3.05) is 13.0 Å². The Morgan fingerprint density at radius 2 is 2.30 bits per heavy atom. The van der Waals surface area contributed by atoms with Crippen molar-refractivity contribution in [2.24, 2.45) is 0 Å². The monoisotopic (exact) mass is 158 g/mol. The van der Waals surface area contributed by atoms with E-state index in [-0.39, 0.29) is 0 Å². The van der Waals surface area contributed by atoms with Gasteiger partial charge in [0.05, 0.1) is 13.0 Å². The van der Waals surface area contributed by atoms with Crippen LogP contribution in [0.5, 0.6) is 0 Å². The van der Waals surface area contributed by atoms with Gasteiger partial charge in [-0.2, -0.15) is 0 Å². The minimum absolute atomic E-state index is 0.382. The van der Waals surface area contributed by atoms with Crippen molar-refractivity contribution in [3.8, 4) is 0 Å². The predicted octanol–water partition coefficient (Wildman–Crippen LogP) is 2.50. The minimum atomic E-state index is 0.382. The van der Waals surface area contributed by atoms with Crippen LogP contribution in [0, 0.1) is 0 Å². The first kappa shape index (κ1) is 9.31. The molecule has 0 rings (SSSR count). The first-order chi connectivity index (χ1) is 4.76. The number of hydrogen-bond acceptors (Lipinski definition) is 1. The van der Waals surface area contributed by atoms with Crippen LogP contribution in [0.3, 0.4) is 0 Å². The molecule has 0 amide bonds. The molecule has 0 spiro atoms. The highest BCUT2D eigenvalue weighted by molar-refractivity contribution is 6.19. The normalized spacial score (nSPS) is 10.8. The van der Waals surface area contributed by atoms with Gasteiger partial charge in [-0.25, -0.2) is 0 Å². The summed E-state index contributed by atoms with van der Waals surface area (Å²) in [6, 6.07) is 0. The summed E-state index contributed by atoms with van der Waals surface area (Å²) < 4.78 is 4.95. The third-order valence-electron chi connectivity index (χ3n) is 0.999. The lowest BCUT2D eigenvalue weighted by molar-refractivity contribution is 0.301. The summed E-state index contributed by atoms with van der Waals surface area (Å²) in [6.07, 6.45) is 3.36. The van der Waals surface area contributed by atoms with Crippen LogP contribution in [0.25, 0.3) is 0 Å². The smallest absolute Gasteiger partial charge is 0.122 e. The van der Waals surface area contributed by atoms with Crippen molar-refractivity contribution in [1.82, 2.24) is 0 Å². The Kier molecular flexibility index (Phi) is 4.77. The molecular formula is C8H11ClO. The summed E-state index contributed by atoms with van der Waals surface area (Å²) in [5.74, 6) is 1.07. The average Bonchev–Trinajstić information content (AvgIpc) is 1.99. The predicted molar refractivity (Wildman–Crippen MR) is 45.1 cm³/mol. The number of rotatable bonds is 4. The van der Waals surface area contributed by atoms with E-state index in [2.05, 4.69) is 13.2 Å². The highest BCUT2D eigenvalue weighted by Crippen LogP contribution is 2.09. The second-order valence-electron chi connectivity index (χ2n) is 1.71. The SMILES string of the molecule is C=C/C=C(/OC)C(=C)CCl. The van der Waals surface area contributed by atoms with Crippen LogP contribution in [-0.4, -0.2) is 13.0 Å². The molecule has 0 unspecified atom stereocenters. The second-order valence-corrected chi connectivity index (χ2v) is 1.98. The van der Waals surface area contributed by atoms with Crippen LogP contribution in [0.2, 0.25) is 0 Å². The quantitative estimate of drug-likeness (QED) is 0.347. The summed E-state index contributed by atoms with van der Waals surface area (Å²) in [7, 11) is 1.58. The van der Waals surface area contributed by atoms with E-state index in [4.69, 9.17) is 16.3 Å². The van der Waals surface area contributed by atoms with Crippen molar-refractivity contribution < 1.29 is 4.74 Å². The van der Waals surface area contributed by atoms with Crippen molar-refractivity contribution in [2.45, 2.75) is 0 Å². The molecule has 56 valence electrons. The molecule has 0 aliphatic heterocycles. The van der Waals surface area contributed by atoms with E-state index in [1.165, 1.54) is 0 Å². The van der Waals surface area contributed by atoms with Crippen molar-refractivity contribution in [3.05, 3.63) is 36.6 Å². The lowest BCUT2D eigenvalue weighted by atomic mass is 10.2. The molecule has 0 aliphatic carbocycles. The van der Waals surface area contributed by atoms with Gasteiger partial charge in [-0.3, -0.25) is 0 Å². The molecule has 0 saturated heterocycles. The number of hydrogen-bond donors (Lipinski definition) is 0. The van der Waals surface area contributed by atoms with E-state index in [0.29, 0.717) is 11.6 Å². The molecule has 10 heavy (non-hydrogen) atoms. The van der Waals surface area contributed by atoms with Crippen LogP contribution < -0.4 is 0 Å². The maximum absolute atomic E-state index is 5.51. The average molecular weight is 159 g/mol. The van der Waals surface area contributed by atoms with E-state index < -0.39 is 0 Å². The largest absolute Gasteiger partial charge is 0.496 e. The van der Waals surface area contributed by atoms with E-state index in [1.54, 1.807) is 19.3 Å². The van der Waals surface area contributed by atoms with Gasteiger partial charge in [-0.15, -0.1) is 11.6 Å². The zero-order valence-electron chi connectivity index (χ0n) is 6.06. The summed E-state index contributed by atoms with van der Waals surface area (Å²) in [5, 5.41) is 0. The highest BCUT2D eigenvalue weighted by Gasteiger charge is 1.97. The first-order valence-electron chi connectivity index (χ1n) is 2.87. The fourth-order valence-electron chi connectivity index (χ4n) is 0.503. The summed E-state index contributed by atoms with van der Waals surface area (Å²) >= 11 is 5.51. The van der Waals surface area contributed by atoms with Gasteiger partial charge in [-0.1, -0.05) is 19.2 Å². The number of allylic oxidation sites excluding steroid dienone is 3. The van der Waals surface area contributed by atoms with Gasteiger partial charge in [0.25, 0.3) is 0 Å². The molecule has 0 saturated carbocycles. The standard InChI is InChI=1S/C8H11ClO/c1-4-5-8(10-3)7(2)6-9/h4-5H,1-2,6H2,3H3/b8-5+. The van der Waals surface area contributed by atoms with Crippen molar-refractivity contribution in [3.63, 3.8) is 0 Å². The van der Waals surface area contributed by atoms with E-state index in [0.717, 1.165) is 5.57 Å². The van der Waals surface area contributed by atoms with Crippen molar-refractivity contribution in [1.29, 1.82) is 0 Å². The Morgan fingerprint density at radius 3 is 2.60 bits per heavy atom. The Morgan fingerprint density at radius 1 is 1.70 bits per heavy atom. The molecule has 0 N–H and O–H groups in total. The van der Waals surface area contributed by atoms with Crippen LogP contribution in [0.15, 0.2) is 36.6 Å². The van der Waals surface area contributed by atoms with Crippen LogP contribution >= 0.6 is 11.6 Å². The van der Waals surface area contributed by atoms with Gasteiger partial charge in [-0.05, 0) is 6.08 Å². The maximum Gasteiger partial charge on any atom is 0.122 e. The van der Waals surface area contributed by atoms with Gasteiger partial charge in [0, 0.05) is 5.57 Å². The Balaban J connectivity index is 4.19. The number of halogens is 1. The second kappa shape index (κ2) is 5.12. The van der Waals surface area contributed by atoms with Crippen LogP contribution in [0.1, 0.15) is 0 Å². The molecule has 0 aromatic carbocycles. The molecule has 0 radical (unpaired) electrons. The maximum atomic E-state index is 5.51. The number of alkyl halides is 1. The lowest BCUT2D eigenvalue weighted by Crippen LogP contribution is -1.91. The van der Waals surface area contributed by atoms with E-state index >= 15 is 0 Å². The Bertz CT molecular complexity index is 159. The number of methoxy groups -OCH3 is 1. The molecule has 1 nitrogen and oxygen atoms in total. The van der Waals surface area contributed by atoms with E-state index in [9.17, 15) is 0 Å². The third kappa shape index (κ3) is 2.74. The summed E-state index contributed by atoms with van der Waals surface area (Å²) in [5.41, 5.74) is 0.768. The summed E-state index contributed by atoms with van der Waals surface area (Å²) in [4.78, 5) is 0. The highest BCUT2D eigenvalue weighted by atomic mass is 35.5. The van der Waals surface area contributed by atoms with Gasteiger partial charge in [0.15, 0.2) is 0 Å². The molecule has 0 fully saturated rings. The lowest BCUT2D eigenvalue weighted by Gasteiger charge is -2.04. The van der Waals surface area contributed by atoms with Crippen LogP contribution in [-0.2, 0) is 4.74 Å². The van der Waals surface area contributed by atoms with Crippen molar-refractivity contribution >= 4 is 11.6 Å². The molecule has 2 heteroatoms. The molecule has 0 aromatic heterocycles. The molecule has 0 aromatic rings. The van der Waals surface area contributed by atoms with Gasteiger partial charge < -0.3 is 4.74 Å². The zero-order chi connectivity index (χ0) is 7.98. The number of ether oxygens (including phenoxy) is 1. The fraction of sp³-hybridized carbons (Fsp3) is 0.250. The molecule has 0 bridgehead atoms. The Hall–Kier alpha value is -0.690. The van der Waals surface area contributed by atoms with Gasteiger partial charge in [0.1, 0.15) is 5.76 Å².